The first-order valence-electron chi connectivity index (χ1n) is 5.82. The zero-order chi connectivity index (χ0) is 12.7. The minimum Gasteiger partial charge on any atom is -0.408 e. The standard InChI is InChI=1S/C15H13NO2/c1-10-3-5-11(6-4-10)12-7-8-14-13(9-12)16(2)15(17)18-14/h3-9H,1-2H3. The lowest BCUT2D eigenvalue weighted by atomic mass is 10.0. The Morgan fingerprint density at radius 1 is 1.00 bits per heavy atom. The van der Waals surface area contributed by atoms with Crippen LogP contribution in [0.3, 0.4) is 0 Å². The molecule has 0 aliphatic carbocycles. The number of aryl methyl sites for hydroxylation is 2. The van der Waals surface area contributed by atoms with Gasteiger partial charge >= 0.3 is 5.76 Å². The maximum absolute atomic E-state index is 11.4. The van der Waals surface area contributed by atoms with E-state index >= 15 is 0 Å². The lowest BCUT2D eigenvalue weighted by Gasteiger charge is -2.02. The summed E-state index contributed by atoms with van der Waals surface area (Å²) < 4.78 is 6.64. The van der Waals surface area contributed by atoms with Crippen LogP contribution in [-0.4, -0.2) is 4.57 Å². The summed E-state index contributed by atoms with van der Waals surface area (Å²) >= 11 is 0. The Morgan fingerprint density at radius 3 is 2.39 bits per heavy atom. The van der Waals surface area contributed by atoms with E-state index in [9.17, 15) is 4.79 Å². The molecule has 0 unspecified atom stereocenters. The maximum atomic E-state index is 11.4. The second-order valence-electron chi connectivity index (χ2n) is 4.48. The molecule has 3 nitrogen and oxygen atoms in total. The van der Waals surface area contributed by atoms with Crippen molar-refractivity contribution in [2.75, 3.05) is 0 Å². The summed E-state index contributed by atoms with van der Waals surface area (Å²) in [6, 6.07) is 14.1. The fraction of sp³-hybridized carbons (Fsp3) is 0.133. The minimum absolute atomic E-state index is 0.328. The summed E-state index contributed by atoms with van der Waals surface area (Å²) in [5.74, 6) is -0.328. The number of hydrogen-bond donors (Lipinski definition) is 0. The van der Waals surface area contributed by atoms with Crippen LogP contribution in [0.2, 0.25) is 0 Å². The Morgan fingerprint density at radius 2 is 1.67 bits per heavy atom. The van der Waals surface area contributed by atoms with E-state index in [0.717, 1.165) is 16.6 Å². The van der Waals surface area contributed by atoms with Crippen LogP contribution in [0.25, 0.3) is 22.2 Å². The summed E-state index contributed by atoms with van der Waals surface area (Å²) in [5, 5.41) is 0. The molecule has 2 aromatic carbocycles. The third kappa shape index (κ3) is 1.64. The van der Waals surface area contributed by atoms with Crippen LogP contribution in [0.5, 0.6) is 0 Å². The topological polar surface area (TPSA) is 35.1 Å². The van der Waals surface area contributed by atoms with Gasteiger partial charge in [0.05, 0.1) is 5.52 Å². The lowest BCUT2D eigenvalue weighted by Crippen LogP contribution is -2.08. The molecular weight excluding hydrogens is 226 g/mol. The zero-order valence-corrected chi connectivity index (χ0v) is 10.3. The van der Waals surface area contributed by atoms with Crippen molar-refractivity contribution in [3.63, 3.8) is 0 Å². The molecule has 1 aromatic heterocycles. The van der Waals surface area contributed by atoms with Gasteiger partial charge < -0.3 is 4.42 Å². The first-order chi connectivity index (χ1) is 8.65. The molecule has 0 radical (unpaired) electrons. The molecule has 0 saturated carbocycles. The molecule has 1 heterocycles. The van der Waals surface area contributed by atoms with E-state index in [-0.39, 0.29) is 5.76 Å². The highest BCUT2D eigenvalue weighted by atomic mass is 16.4. The van der Waals surface area contributed by atoms with Crippen LogP contribution in [0.15, 0.2) is 51.7 Å². The average Bonchev–Trinajstić information content (AvgIpc) is 2.66. The third-order valence-corrected chi connectivity index (χ3v) is 3.18. The second kappa shape index (κ2) is 3.88. The fourth-order valence-corrected chi connectivity index (χ4v) is 2.05. The molecule has 0 atom stereocenters. The zero-order valence-electron chi connectivity index (χ0n) is 10.3. The van der Waals surface area contributed by atoms with Gasteiger partial charge in [0.25, 0.3) is 0 Å². The van der Waals surface area contributed by atoms with Crippen molar-refractivity contribution in [2.45, 2.75) is 6.92 Å². The molecule has 0 aliphatic heterocycles. The number of rotatable bonds is 1. The molecule has 0 amide bonds. The highest BCUT2D eigenvalue weighted by Crippen LogP contribution is 2.24. The number of benzene rings is 2. The van der Waals surface area contributed by atoms with E-state index in [4.69, 9.17) is 4.42 Å². The monoisotopic (exact) mass is 239 g/mol. The molecule has 0 fully saturated rings. The van der Waals surface area contributed by atoms with Gasteiger partial charge in [0.2, 0.25) is 0 Å². The average molecular weight is 239 g/mol. The highest BCUT2D eigenvalue weighted by Gasteiger charge is 2.07. The first kappa shape index (κ1) is 10.8. The Kier molecular flexibility index (Phi) is 2.33. The van der Waals surface area contributed by atoms with Crippen molar-refractivity contribution in [1.29, 1.82) is 0 Å². The molecule has 0 aliphatic rings. The Hall–Kier alpha value is -2.29. The van der Waals surface area contributed by atoms with Crippen LogP contribution in [0.4, 0.5) is 0 Å². The van der Waals surface area contributed by atoms with E-state index in [2.05, 4.69) is 31.2 Å². The molecule has 0 N–H and O–H groups in total. The van der Waals surface area contributed by atoms with Crippen molar-refractivity contribution in [3.05, 3.63) is 58.6 Å². The van der Waals surface area contributed by atoms with Crippen LogP contribution in [0.1, 0.15) is 5.56 Å². The predicted octanol–water partition coefficient (Wildman–Crippen LogP) is 3.11. The van der Waals surface area contributed by atoms with Crippen LogP contribution in [-0.2, 0) is 7.05 Å². The highest BCUT2D eigenvalue weighted by molar-refractivity contribution is 5.80. The predicted molar refractivity (Wildman–Crippen MR) is 71.6 cm³/mol. The number of oxazole rings is 1. The van der Waals surface area contributed by atoms with Crippen LogP contribution in [0, 0.1) is 6.92 Å². The largest absolute Gasteiger partial charge is 0.419 e. The molecule has 90 valence electrons. The lowest BCUT2D eigenvalue weighted by molar-refractivity contribution is 0.528. The fourth-order valence-electron chi connectivity index (χ4n) is 2.05. The molecule has 3 aromatic rings. The van der Waals surface area contributed by atoms with E-state index in [1.165, 1.54) is 10.1 Å². The van der Waals surface area contributed by atoms with Crippen LogP contribution >= 0.6 is 0 Å². The molecule has 3 rings (SSSR count). The smallest absolute Gasteiger partial charge is 0.408 e. The normalized spacial score (nSPS) is 11.0. The van der Waals surface area contributed by atoms with Crippen molar-refractivity contribution in [3.8, 4) is 11.1 Å². The van der Waals surface area contributed by atoms with Gasteiger partial charge in [-0.2, -0.15) is 0 Å². The first-order valence-corrected chi connectivity index (χ1v) is 5.82. The molecular formula is C15H13NO2. The van der Waals surface area contributed by atoms with Crippen LogP contribution < -0.4 is 5.76 Å². The number of hydrogen-bond acceptors (Lipinski definition) is 2. The van der Waals surface area contributed by atoms with E-state index in [1.54, 1.807) is 7.05 Å². The van der Waals surface area contributed by atoms with Crippen molar-refractivity contribution in [2.24, 2.45) is 7.05 Å². The maximum Gasteiger partial charge on any atom is 0.419 e. The summed E-state index contributed by atoms with van der Waals surface area (Å²) in [6.45, 7) is 2.06. The van der Waals surface area contributed by atoms with Gasteiger partial charge in [0.1, 0.15) is 0 Å². The summed E-state index contributed by atoms with van der Waals surface area (Å²) in [7, 11) is 1.72. The van der Waals surface area contributed by atoms with Gasteiger partial charge in [-0.25, -0.2) is 4.79 Å². The van der Waals surface area contributed by atoms with E-state index in [0.29, 0.717) is 5.58 Å². The van der Waals surface area contributed by atoms with E-state index < -0.39 is 0 Å². The van der Waals surface area contributed by atoms with Gasteiger partial charge in [0.15, 0.2) is 5.58 Å². The SMILES string of the molecule is Cc1ccc(-c2ccc3oc(=O)n(C)c3c2)cc1. The summed E-state index contributed by atoms with van der Waals surface area (Å²) in [4.78, 5) is 11.4. The Bertz CT molecular complexity index is 763. The second-order valence-corrected chi connectivity index (χ2v) is 4.48. The number of aromatic nitrogens is 1. The quantitative estimate of drug-likeness (QED) is 0.654. The van der Waals surface area contributed by atoms with E-state index in [1.807, 2.05) is 18.2 Å². The molecule has 0 bridgehead atoms. The number of fused-ring (bicyclic) bond motifs is 1. The van der Waals surface area contributed by atoms with Crippen molar-refractivity contribution < 1.29 is 4.42 Å². The van der Waals surface area contributed by atoms with Gasteiger partial charge in [0, 0.05) is 7.05 Å². The molecule has 18 heavy (non-hydrogen) atoms. The molecule has 0 spiro atoms. The van der Waals surface area contributed by atoms with Gasteiger partial charge in [-0.3, -0.25) is 4.57 Å². The number of nitrogens with zero attached hydrogens (tertiary/aromatic N) is 1. The Labute approximate surface area is 104 Å². The summed E-state index contributed by atoms with van der Waals surface area (Å²) in [6.07, 6.45) is 0. The van der Waals surface area contributed by atoms with Gasteiger partial charge in [-0.15, -0.1) is 0 Å². The molecule has 3 heteroatoms. The Balaban J connectivity index is 2.21. The van der Waals surface area contributed by atoms with Gasteiger partial charge in [-0.05, 0) is 30.2 Å². The minimum atomic E-state index is -0.328. The summed E-state index contributed by atoms with van der Waals surface area (Å²) in [5.41, 5.74) is 4.89. The van der Waals surface area contributed by atoms with Gasteiger partial charge in [-0.1, -0.05) is 35.9 Å². The third-order valence-electron chi connectivity index (χ3n) is 3.18. The molecule has 0 saturated heterocycles. The van der Waals surface area contributed by atoms with Crippen molar-refractivity contribution in [1.82, 2.24) is 4.57 Å². The van der Waals surface area contributed by atoms with Crippen molar-refractivity contribution >= 4 is 11.1 Å².